The molecule has 0 aliphatic heterocycles. The first-order chi connectivity index (χ1) is 8.08. The third kappa shape index (κ3) is 3.32. The number of benzene rings is 1. The summed E-state index contributed by atoms with van der Waals surface area (Å²) < 4.78 is 0. The van der Waals surface area contributed by atoms with Crippen molar-refractivity contribution in [2.45, 2.75) is 39.2 Å². The molecule has 0 aliphatic rings. The van der Waals surface area contributed by atoms with Gasteiger partial charge < -0.3 is 5.32 Å². The van der Waals surface area contributed by atoms with Crippen molar-refractivity contribution in [3.63, 3.8) is 0 Å². The standard InChI is InChI=1S/C14H20BrNO/c1-4-14(5-2,10-15)16-13(17)12-9-7-6-8-11(12)3/h6-9H,4-5,10H2,1-3H3,(H,16,17). The van der Waals surface area contributed by atoms with Crippen LogP contribution in [0.5, 0.6) is 0 Å². The minimum absolute atomic E-state index is 0.0197. The van der Waals surface area contributed by atoms with Gasteiger partial charge in [-0.1, -0.05) is 48.0 Å². The normalized spacial score (nSPS) is 11.3. The molecule has 1 aromatic carbocycles. The molecule has 1 amide bonds. The van der Waals surface area contributed by atoms with E-state index < -0.39 is 0 Å². The summed E-state index contributed by atoms with van der Waals surface area (Å²) in [5.74, 6) is 0.0197. The molecular formula is C14H20BrNO. The first kappa shape index (κ1) is 14.2. The first-order valence-corrected chi connectivity index (χ1v) is 7.15. The highest BCUT2D eigenvalue weighted by Gasteiger charge is 2.27. The summed E-state index contributed by atoms with van der Waals surface area (Å²) >= 11 is 3.50. The molecule has 0 fully saturated rings. The maximum Gasteiger partial charge on any atom is 0.252 e. The molecule has 0 bridgehead atoms. The molecule has 1 rings (SSSR count). The molecule has 0 saturated carbocycles. The van der Waals surface area contributed by atoms with Crippen LogP contribution in [-0.2, 0) is 0 Å². The lowest BCUT2D eigenvalue weighted by Gasteiger charge is -2.31. The summed E-state index contributed by atoms with van der Waals surface area (Å²) in [6.07, 6.45) is 1.85. The number of hydrogen-bond donors (Lipinski definition) is 1. The highest BCUT2D eigenvalue weighted by molar-refractivity contribution is 9.09. The monoisotopic (exact) mass is 297 g/mol. The number of halogens is 1. The summed E-state index contributed by atoms with van der Waals surface area (Å²) in [4.78, 5) is 12.2. The molecule has 0 atom stereocenters. The van der Waals surface area contributed by atoms with E-state index in [2.05, 4.69) is 35.1 Å². The topological polar surface area (TPSA) is 29.1 Å². The van der Waals surface area contributed by atoms with Crippen LogP contribution < -0.4 is 5.32 Å². The Kier molecular flexibility index (Phi) is 5.19. The molecule has 0 aliphatic carbocycles. The minimum atomic E-state index is -0.140. The Morgan fingerprint density at radius 2 is 1.88 bits per heavy atom. The Hall–Kier alpha value is -0.830. The molecule has 0 unspecified atom stereocenters. The maximum absolute atomic E-state index is 12.2. The van der Waals surface area contributed by atoms with E-state index in [1.54, 1.807) is 0 Å². The van der Waals surface area contributed by atoms with Crippen LogP contribution >= 0.6 is 15.9 Å². The highest BCUT2D eigenvalue weighted by Crippen LogP contribution is 2.19. The molecular weight excluding hydrogens is 278 g/mol. The fraction of sp³-hybridized carbons (Fsp3) is 0.500. The van der Waals surface area contributed by atoms with Gasteiger partial charge in [0.2, 0.25) is 0 Å². The van der Waals surface area contributed by atoms with E-state index in [-0.39, 0.29) is 11.4 Å². The molecule has 0 spiro atoms. The van der Waals surface area contributed by atoms with Crippen LogP contribution in [0.25, 0.3) is 0 Å². The van der Waals surface area contributed by atoms with Crippen molar-refractivity contribution in [3.05, 3.63) is 35.4 Å². The van der Waals surface area contributed by atoms with Gasteiger partial charge in [-0.05, 0) is 31.4 Å². The van der Waals surface area contributed by atoms with Gasteiger partial charge in [0.1, 0.15) is 0 Å². The second-order valence-corrected chi connectivity index (χ2v) is 4.95. The smallest absolute Gasteiger partial charge is 0.252 e. The highest BCUT2D eigenvalue weighted by atomic mass is 79.9. The van der Waals surface area contributed by atoms with Crippen LogP contribution in [0, 0.1) is 6.92 Å². The zero-order valence-electron chi connectivity index (χ0n) is 10.7. The van der Waals surface area contributed by atoms with Gasteiger partial charge in [0, 0.05) is 16.4 Å². The number of hydrogen-bond acceptors (Lipinski definition) is 1. The van der Waals surface area contributed by atoms with Crippen LogP contribution in [0.1, 0.15) is 42.6 Å². The molecule has 1 aromatic rings. The lowest BCUT2D eigenvalue weighted by molar-refractivity contribution is 0.0903. The Morgan fingerprint density at radius 1 is 1.29 bits per heavy atom. The number of rotatable bonds is 5. The van der Waals surface area contributed by atoms with Crippen LogP contribution in [0.4, 0.5) is 0 Å². The fourth-order valence-corrected chi connectivity index (χ4v) is 2.72. The van der Waals surface area contributed by atoms with Gasteiger partial charge in [-0.15, -0.1) is 0 Å². The summed E-state index contributed by atoms with van der Waals surface area (Å²) in [6, 6.07) is 7.68. The van der Waals surface area contributed by atoms with Gasteiger partial charge in [0.15, 0.2) is 0 Å². The van der Waals surface area contributed by atoms with E-state index in [1.165, 1.54) is 0 Å². The Balaban J connectivity index is 2.89. The Morgan fingerprint density at radius 3 is 2.35 bits per heavy atom. The predicted octanol–water partition coefficient (Wildman–Crippen LogP) is 3.68. The summed E-state index contributed by atoms with van der Waals surface area (Å²) in [7, 11) is 0. The van der Waals surface area contributed by atoms with Crippen LogP contribution in [0.3, 0.4) is 0 Å². The van der Waals surface area contributed by atoms with E-state index >= 15 is 0 Å². The SMILES string of the molecule is CCC(CC)(CBr)NC(=O)c1ccccc1C. The number of alkyl halides is 1. The maximum atomic E-state index is 12.2. The molecule has 94 valence electrons. The first-order valence-electron chi connectivity index (χ1n) is 6.02. The lowest BCUT2D eigenvalue weighted by Crippen LogP contribution is -2.49. The molecule has 0 saturated heterocycles. The van der Waals surface area contributed by atoms with Gasteiger partial charge in [0.05, 0.1) is 0 Å². The van der Waals surface area contributed by atoms with Crippen molar-refractivity contribution < 1.29 is 4.79 Å². The quantitative estimate of drug-likeness (QED) is 0.826. The van der Waals surface area contributed by atoms with Crippen LogP contribution in [0.2, 0.25) is 0 Å². The van der Waals surface area contributed by atoms with Crippen LogP contribution in [-0.4, -0.2) is 16.8 Å². The molecule has 2 nitrogen and oxygen atoms in total. The van der Waals surface area contributed by atoms with Crippen molar-refractivity contribution in [2.24, 2.45) is 0 Å². The Labute approximate surface area is 112 Å². The number of nitrogens with one attached hydrogen (secondary N) is 1. The van der Waals surface area contributed by atoms with Crippen molar-refractivity contribution in [1.82, 2.24) is 5.32 Å². The van der Waals surface area contributed by atoms with E-state index in [0.29, 0.717) is 0 Å². The van der Waals surface area contributed by atoms with Crippen molar-refractivity contribution >= 4 is 21.8 Å². The average molecular weight is 298 g/mol. The number of carbonyl (C=O) groups is 1. The number of aryl methyl sites for hydroxylation is 1. The van der Waals surface area contributed by atoms with E-state index in [9.17, 15) is 4.79 Å². The Bertz CT molecular complexity index is 377. The average Bonchev–Trinajstić information content (AvgIpc) is 2.36. The van der Waals surface area contributed by atoms with Gasteiger partial charge in [0.25, 0.3) is 5.91 Å². The van der Waals surface area contributed by atoms with Gasteiger partial charge in [-0.25, -0.2) is 0 Å². The molecule has 17 heavy (non-hydrogen) atoms. The van der Waals surface area contributed by atoms with Crippen molar-refractivity contribution in [3.8, 4) is 0 Å². The van der Waals surface area contributed by atoms with E-state index in [1.807, 2.05) is 31.2 Å². The molecule has 3 heteroatoms. The molecule has 0 heterocycles. The van der Waals surface area contributed by atoms with E-state index in [0.717, 1.165) is 29.3 Å². The number of amides is 1. The predicted molar refractivity (Wildman–Crippen MR) is 75.8 cm³/mol. The summed E-state index contributed by atoms with van der Waals surface area (Å²) in [5.41, 5.74) is 1.64. The zero-order chi connectivity index (χ0) is 12.9. The second-order valence-electron chi connectivity index (χ2n) is 4.39. The van der Waals surface area contributed by atoms with Gasteiger partial charge in [-0.2, -0.15) is 0 Å². The van der Waals surface area contributed by atoms with E-state index in [4.69, 9.17) is 0 Å². The summed E-state index contributed by atoms with van der Waals surface area (Å²) in [6.45, 7) is 6.16. The third-order valence-electron chi connectivity index (χ3n) is 3.38. The van der Waals surface area contributed by atoms with Gasteiger partial charge >= 0.3 is 0 Å². The van der Waals surface area contributed by atoms with Crippen molar-refractivity contribution in [1.29, 1.82) is 0 Å². The van der Waals surface area contributed by atoms with Crippen LogP contribution in [0.15, 0.2) is 24.3 Å². The molecule has 0 aromatic heterocycles. The van der Waals surface area contributed by atoms with Gasteiger partial charge in [-0.3, -0.25) is 4.79 Å². The zero-order valence-corrected chi connectivity index (χ0v) is 12.3. The van der Waals surface area contributed by atoms with Crippen molar-refractivity contribution in [2.75, 3.05) is 5.33 Å². The number of carbonyl (C=O) groups excluding carboxylic acids is 1. The second kappa shape index (κ2) is 6.20. The molecule has 1 N–H and O–H groups in total. The minimum Gasteiger partial charge on any atom is -0.346 e. The summed E-state index contributed by atoms with van der Waals surface area (Å²) in [5, 5.41) is 3.93. The fourth-order valence-electron chi connectivity index (χ4n) is 1.79. The largest absolute Gasteiger partial charge is 0.346 e. The molecule has 0 radical (unpaired) electrons. The lowest BCUT2D eigenvalue weighted by atomic mass is 9.94. The third-order valence-corrected chi connectivity index (χ3v) is 4.45.